The largest absolute Gasteiger partial charge is 0.481 e. The lowest BCUT2D eigenvalue weighted by atomic mass is 9.63. The molecule has 2 aromatic rings. The van der Waals surface area contributed by atoms with Crippen LogP contribution in [0.3, 0.4) is 0 Å². The fraction of sp³-hybridized carbons (Fsp3) is 0.529. The molecule has 2 atom stereocenters. The van der Waals surface area contributed by atoms with Gasteiger partial charge < -0.3 is 9.13 Å². The zero-order valence-electron chi connectivity index (χ0n) is 13.0. The highest BCUT2D eigenvalue weighted by atomic mass is 32.1. The van der Waals surface area contributed by atoms with Crippen LogP contribution in [0.1, 0.15) is 12.8 Å². The third-order valence-corrected chi connectivity index (χ3v) is 6.55. The molecule has 0 spiro atoms. The smallest absolute Gasteiger partial charge is 0.465 e. The zero-order valence-corrected chi connectivity index (χ0v) is 13.8. The Kier molecular flexibility index (Phi) is 3.07. The van der Waals surface area contributed by atoms with Gasteiger partial charge in [0.05, 0.1) is 19.6 Å². The maximum atomic E-state index is 6.51. The Morgan fingerprint density at radius 1 is 1.04 bits per heavy atom. The van der Waals surface area contributed by atoms with Crippen LogP contribution in [0.5, 0.6) is 5.19 Å². The van der Waals surface area contributed by atoms with Crippen molar-refractivity contribution < 1.29 is 9.13 Å². The summed E-state index contributed by atoms with van der Waals surface area (Å²) < 4.78 is 7.09. The summed E-state index contributed by atoms with van der Waals surface area (Å²) in [7, 11) is 6.51. The highest BCUT2D eigenvalue weighted by Crippen LogP contribution is 2.47. The number of quaternary nitrogens is 1. The first-order chi connectivity index (χ1) is 11.2. The Labute approximate surface area is 141 Å². The summed E-state index contributed by atoms with van der Waals surface area (Å²) in [5.74, 6) is 1.96. The number of hydrogen-bond acceptors (Lipinski definition) is 4. The van der Waals surface area contributed by atoms with Crippen molar-refractivity contribution in [3.63, 3.8) is 0 Å². The maximum absolute atomic E-state index is 6.51. The first-order valence-corrected chi connectivity index (χ1v) is 9.20. The Bertz CT molecular complexity index is 706. The van der Waals surface area contributed by atoms with Crippen LogP contribution in [-0.4, -0.2) is 48.3 Å². The minimum absolute atomic E-state index is 0.276. The first kappa shape index (κ1) is 14.0. The molecule has 1 aromatic carbocycles. The molecular formula is C17H19BN3OS+. The Balaban J connectivity index is 1.36. The molecule has 0 N–H and O–H groups in total. The van der Waals surface area contributed by atoms with E-state index in [0.29, 0.717) is 17.0 Å². The standard InChI is InChI=1S/C17H19BN3OS/c18-21-8-11-6-13(9-21)15(14(7-11)10-21)22-17-20-19-16(23-17)12-4-2-1-3-5-12/h1-5,11,13-15H,6-10H2/q+1. The third-order valence-electron chi connectivity index (χ3n) is 5.68. The summed E-state index contributed by atoms with van der Waals surface area (Å²) in [6.07, 6.45) is 2.81. The van der Waals surface area contributed by atoms with Gasteiger partial charge in [0.1, 0.15) is 6.10 Å². The van der Waals surface area contributed by atoms with E-state index in [1.165, 1.54) is 12.8 Å². The lowest BCUT2D eigenvalue weighted by Crippen LogP contribution is -2.70. The number of ether oxygens (including phenoxy) is 1. The van der Waals surface area contributed by atoms with Gasteiger partial charge in [-0.3, -0.25) is 0 Å². The van der Waals surface area contributed by atoms with Crippen molar-refractivity contribution in [1.29, 1.82) is 0 Å². The maximum Gasteiger partial charge on any atom is 0.481 e. The van der Waals surface area contributed by atoms with Crippen molar-refractivity contribution in [3.8, 4) is 15.8 Å². The van der Waals surface area contributed by atoms with Gasteiger partial charge in [-0.15, -0.1) is 5.10 Å². The van der Waals surface area contributed by atoms with Crippen LogP contribution >= 0.6 is 11.3 Å². The number of hydrogen-bond donors (Lipinski definition) is 0. The van der Waals surface area contributed by atoms with Crippen molar-refractivity contribution in [2.45, 2.75) is 18.9 Å². The van der Waals surface area contributed by atoms with Gasteiger partial charge in [0.25, 0.3) is 5.19 Å². The van der Waals surface area contributed by atoms with Gasteiger partial charge in [-0.05, 0) is 12.8 Å². The van der Waals surface area contributed by atoms with Crippen LogP contribution in [0.15, 0.2) is 30.3 Å². The number of piperidine rings is 3. The third kappa shape index (κ3) is 2.39. The summed E-state index contributed by atoms with van der Waals surface area (Å²) in [6.45, 7) is 3.28. The predicted molar refractivity (Wildman–Crippen MR) is 90.1 cm³/mol. The normalized spacial score (nSPS) is 37.9. The Hall–Kier alpha value is -1.40. The molecule has 6 rings (SSSR count). The molecule has 3 saturated heterocycles. The second-order valence-electron chi connectivity index (χ2n) is 7.45. The molecule has 3 aliphatic heterocycles. The molecule has 1 aliphatic carbocycles. The average molecular weight is 324 g/mol. The number of rotatable bonds is 3. The van der Waals surface area contributed by atoms with E-state index >= 15 is 0 Å². The van der Waals surface area contributed by atoms with Gasteiger partial charge >= 0.3 is 7.98 Å². The summed E-state index contributed by atoms with van der Waals surface area (Å²) in [5.41, 5.74) is 1.10. The van der Waals surface area contributed by atoms with Crippen molar-refractivity contribution in [2.24, 2.45) is 17.8 Å². The van der Waals surface area contributed by atoms with Crippen LogP contribution in [0.2, 0.25) is 0 Å². The molecule has 0 amide bonds. The predicted octanol–water partition coefficient (Wildman–Crippen LogP) is 2.52. The summed E-state index contributed by atoms with van der Waals surface area (Å²) >= 11 is 1.55. The quantitative estimate of drug-likeness (QED) is 0.814. The van der Waals surface area contributed by atoms with Gasteiger partial charge in [-0.1, -0.05) is 46.8 Å². The van der Waals surface area contributed by atoms with Gasteiger partial charge in [0.2, 0.25) is 0 Å². The fourth-order valence-corrected chi connectivity index (χ4v) is 5.79. The Morgan fingerprint density at radius 2 is 1.78 bits per heavy atom. The molecule has 1 saturated carbocycles. The van der Waals surface area contributed by atoms with E-state index in [2.05, 4.69) is 22.3 Å². The second-order valence-corrected chi connectivity index (χ2v) is 8.39. The molecule has 4 nitrogen and oxygen atoms in total. The van der Waals surface area contributed by atoms with E-state index in [1.807, 2.05) is 18.2 Å². The van der Waals surface area contributed by atoms with Crippen LogP contribution in [0.4, 0.5) is 0 Å². The topological polar surface area (TPSA) is 35.0 Å². The highest BCUT2D eigenvalue weighted by Gasteiger charge is 2.55. The van der Waals surface area contributed by atoms with E-state index < -0.39 is 0 Å². The number of benzene rings is 1. The SMILES string of the molecule is [B][N+]12CC3CC(C1)C(Oc1nnc(-c4ccccc4)s1)C(C3)C2. The zero-order chi connectivity index (χ0) is 15.4. The van der Waals surface area contributed by atoms with Crippen LogP contribution in [0, 0.1) is 17.8 Å². The number of aromatic nitrogens is 2. The monoisotopic (exact) mass is 324 g/mol. The van der Waals surface area contributed by atoms with Crippen molar-refractivity contribution in [1.82, 2.24) is 10.2 Å². The summed E-state index contributed by atoms with van der Waals surface area (Å²) in [4.78, 5) is 0. The van der Waals surface area contributed by atoms with Crippen molar-refractivity contribution in [2.75, 3.05) is 19.6 Å². The van der Waals surface area contributed by atoms with Crippen LogP contribution in [0.25, 0.3) is 10.6 Å². The van der Waals surface area contributed by atoms with E-state index in [4.69, 9.17) is 12.7 Å². The van der Waals surface area contributed by atoms with E-state index in [0.717, 1.165) is 40.5 Å². The van der Waals surface area contributed by atoms with Crippen molar-refractivity contribution in [3.05, 3.63) is 30.3 Å². The fourth-order valence-electron chi connectivity index (χ4n) is 5.05. The summed E-state index contributed by atoms with van der Waals surface area (Å²) in [5, 5.41) is 10.2. The minimum Gasteiger partial charge on any atom is -0.465 e. The molecule has 2 radical (unpaired) electrons. The number of nitrogens with zero attached hydrogens (tertiary/aromatic N) is 3. The molecular weight excluding hydrogens is 305 g/mol. The Morgan fingerprint density at radius 3 is 2.48 bits per heavy atom. The average Bonchev–Trinajstić information content (AvgIpc) is 2.99. The second kappa shape index (κ2) is 5.05. The molecule has 116 valence electrons. The van der Waals surface area contributed by atoms with Crippen LogP contribution < -0.4 is 4.74 Å². The molecule has 2 unspecified atom stereocenters. The first-order valence-electron chi connectivity index (χ1n) is 8.39. The van der Waals surface area contributed by atoms with Gasteiger partial charge in [0.15, 0.2) is 5.01 Å². The molecule has 4 bridgehead atoms. The van der Waals surface area contributed by atoms with E-state index in [9.17, 15) is 0 Å². The minimum atomic E-state index is 0.276. The van der Waals surface area contributed by atoms with Crippen molar-refractivity contribution >= 4 is 19.3 Å². The van der Waals surface area contributed by atoms with E-state index in [-0.39, 0.29) is 6.10 Å². The lowest BCUT2D eigenvalue weighted by Gasteiger charge is -2.59. The van der Waals surface area contributed by atoms with Gasteiger partial charge in [0, 0.05) is 23.3 Å². The molecule has 23 heavy (non-hydrogen) atoms. The lowest BCUT2D eigenvalue weighted by molar-refractivity contribution is -0.852. The van der Waals surface area contributed by atoms with Crippen LogP contribution in [-0.2, 0) is 0 Å². The highest BCUT2D eigenvalue weighted by molar-refractivity contribution is 7.16. The molecule has 4 heterocycles. The van der Waals surface area contributed by atoms with E-state index in [1.54, 1.807) is 11.3 Å². The summed E-state index contributed by atoms with van der Waals surface area (Å²) in [6, 6.07) is 10.2. The molecule has 1 aromatic heterocycles. The molecule has 6 heteroatoms. The van der Waals surface area contributed by atoms with Gasteiger partial charge in [-0.2, -0.15) is 0 Å². The molecule has 4 aliphatic rings. The van der Waals surface area contributed by atoms with Gasteiger partial charge in [-0.25, -0.2) is 0 Å². The molecule has 4 fully saturated rings.